The van der Waals surface area contributed by atoms with Crippen LogP contribution >= 0.6 is 0 Å². The SMILES string of the molecule is CC(CN)CN1CCN(CC2CC2)CC1. The Kier molecular flexibility index (Phi) is 4.00. The minimum absolute atomic E-state index is 0.653. The highest BCUT2D eigenvalue weighted by atomic mass is 15.3. The molecule has 0 amide bonds. The fourth-order valence-electron chi connectivity index (χ4n) is 2.34. The van der Waals surface area contributed by atoms with Crippen LogP contribution in [0.15, 0.2) is 0 Å². The van der Waals surface area contributed by atoms with Crippen LogP contribution in [-0.2, 0) is 0 Å². The standard InChI is InChI=1S/C12H25N3/c1-11(8-13)9-14-4-6-15(7-5-14)10-12-2-3-12/h11-12H,2-10,13H2,1H3. The van der Waals surface area contributed by atoms with Crippen LogP contribution in [0.2, 0.25) is 0 Å². The summed E-state index contributed by atoms with van der Waals surface area (Å²) in [5.74, 6) is 1.69. The summed E-state index contributed by atoms with van der Waals surface area (Å²) in [7, 11) is 0. The first-order valence-corrected chi connectivity index (χ1v) is 6.42. The van der Waals surface area contributed by atoms with Gasteiger partial charge in [0.05, 0.1) is 0 Å². The Balaban J connectivity index is 1.62. The van der Waals surface area contributed by atoms with Gasteiger partial charge in [0.25, 0.3) is 0 Å². The Morgan fingerprint density at radius 2 is 1.73 bits per heavy atom. The van der Waals surface area contributed by atoms with Gasteiger partial charge in [0, 0.05) is 39.3 Å². The molecule has 1 saturated heterocycles. The molecule has 88 valence electrons. The molecule has 1 aliphatic carbocycles. The number of hydrogen-bond donors (Lipinski definition) is 1. The van der Waals surface area contributed by atoms with Gasteiger partial charge in [-0.3, -0.25) is 0 Å². The summed E-state index contributed by atoms with van der Waals surface area (Å²) in [4.78, 5) is 5.21. The van der Waals surface area contributed by atoms with Crippen molar-refractivity contribution in [3.05, 3.63) is 0 Å². The first-order valence-electron chi connectivity index (χ1n) is 6.42. The third kappa shape index (κ3) is 3.74. The van der Waals surface area contributed by atoms with Gasteiger partial charge < -0.3 is 15.5 Å². The van der Waals surface area contributed by atoms with E-state index in [0.29, 0.717) is 5.92 Å². The Labute approximate surface area is 93.6 Å². The van der Waals surface area contributed by atoms with E-state index in [1.54, 1.807) is 0 Å². The van der Waals surface area contributed by atoms with E-state index >= 15 is 0 Å². The number of hydrogen-bond acceptors (Lipinski definition) is 3. The minimum Gasteiger partial charge on any atom is -0.330 e. The van der Waals surface area contributed by atoms with Crippen LogP contribution in [0.25, 0.3) is 0 Å². The molecule has 0 aromatic rings. The van der Waals surface area contributed by atoms with E-state index in [2.05, 4.69) is 16.7 Å². The van der Waals surface area contributed by atoms with Gasteiger partial charge in [-0.1, -0.05) is 6.92 Å². The molecule has 2 N–H and O–H groups in total. The second-order valence-corrected chi connectivity index (χ2v) is 5.39. The Morgan fingerprint density at radius 1 is 1.13 bits per heavy atom. The average Bonchev–Trinajstić information content (AvgIpc) is 3.05. The topological polar surface area (TPSA) is 32.5 Å². The van der Waals surface area contributed by atoms with Crippen molar-refractivity contribution in [2.45, 2.75) is 19.8 Å². The number of rotatable bonds is 5. The predicted octanol–water partition coefficient (Wildman–Crippen LogP) is 0.609. The van der Waals surface area contributed by atoms with E-state index in [1.807, 2.05) is 0 Å². The second-order valence-electron chi connectivity index (χ2n) is 5.39. The summed E-state index contributed by atoms with van der Waals surface area (Å²) in [6.45, 7) is 10.7. The molecular weight excluding hydrogens is 186 g/mol. The van der Waals surface area contributed by atoms with Crippen LogP contribution in [0.1, 0.15) is 19.8 Å². The van der Waals surface area contributed by atoms with Crippen LogP contribution in [0.5, 0.6) is 0 Å². The van der Waals surface area contributed by atoms with Gasteiger partial charge in [-0.25, -0.2) is 0 Å². The van der Waals surface area contributed by atoms with Crippen molar-refractivity contribution in [2.75, 3.05) is 45.8 Å². The molecule has 0 bridgehead atoms. The van der Waals surface area contributed by atoms with Crippen molar-refractivity contribution >= 4 is 0 Å². The molecule has 3 nitrogen and oxygen atoms in total. The highest BCUT2D eigenvalue weighted by Crippen LogP contribution is 2.29. The van der Waals surface area contributed by atoms with E-state index in [4.69, 9.17) is 5.73 Å². The molecule has 1 atom stereocenters. The van der Waals surface area contributed by atoms with Crippen LogP contribution < -0.4 is 5.73 Å². The summed E-state index contributed by atoms with van der Waals surface area (Å²) >= 11 is 0. The quantitative estimate of drug-likeness (QED) is 0.723. The van der Waals surface area contributed by atoms with Gasteiger partial charge in [0.1, 0.15) is 0 Å². The molecule has 0 aromatic heterocycles. The normalized spacial score (nSPS) is 26.8. The largest absolute Gasteiger partial charge is 0.330 e. The molecule has 0 radical (unpaired) electrons. The van der Waals surface area contributed by atoms with Crippen molar-refractivity contribution in [3.63, 3.8) is 0 Å². The third-order valence-corrected chi connectivity index (χ3v) is 3.65. The number of nitrogens with two attached hydrogens (primary N) is 1. The first-order chi connectivity index (χ1) is 7.28. The van der Waals surface area contributed by atoms with Gasteiger partial charge in [0.15, 0.2) is 0 Å². The maximum atomic E-state index is 5.65. The lowest BCUT2D eigenvalue weighted by atomic mass is 10.1. The molecule has 2 aliphatic rings. The Bertz CT molecular complexity index is 183. The zero-order valence-corrected chi connectivity index (χ0v) is 9.99. The molecule has 0 aromatic carbocycles. The molecule has 1 unspecified atom stereocenters. The third-order valence-electron chi connectivity index (χ3n) is 3.65. The summed E-state index contributed by atoms with van der Waals surface area (Å²) in [6, 6.07) is 0. The molecule has 2 fully saturated rings. The van der Waals surface area contributed by atoms with E-state index < -0.39 is 0 Å². The Morgan fingerprint density at radius 3 is 2.27 bits per heavy atom. The van der Waals surface area contributed by atoms with Crippen molar-refractivity contribution in [3.8, 4) is 0 Å². The molecular formula is C12H25N3. The lowest BCUT2D eigenvalue weighted by Gasteiger charge is -2.35. The highest BCUT2D eigenvalue weighted by molar-refractivity contribution is 4.80. The van der Waals surface area contributed by atoms with E-state index in [0.717, 1.165) is 12.5 Å². The lowest BCUT2D eigenvalue weighted by molar-refractivity contribution is 0.117. The molecule has 2 rings (SSSR count). The smallest absolute Gasteiger partial charge is 0.0110 e. The van der Waals surface area contributed by atoms with Gasteiger partial charge in [-0.2, -0.15) is 0 Å². The van der Waals surface area contributed by atoms with Crippen molar-refractivity contribution in [1.82, 2.24) is 9.80 Å². The predicted molar refractivity (Wildman–Crippen MR) is 63.8 cm³/mol. The lowest BCUT2D eigenvalue weighted by Crippen LogP contribution is -2.48. The minimum atomic E-state index is 0.653. The van der Waals surface area contributed by atoms with Gasteiger partial charge in [-0.05, 0) is 31.2 Å². The monoisotopic (exact) mass is 211 g/mol. The van der Waals surface area contributed by atoms with Crippen LogP contribution in [0, 0.1) is 11.8 Å². The van der Waals surface area contributed by atoms with Gasteiger partial charge in [-0.15, -0.1) is 0 Å². The summed E-state index contributed by atoms with van der Waals surface area (Å²) < 4.78 is 0. The van der Waals surface area contributed by atoms with Crippen LogP contribution in [0.4, 0.5) is 0 Å². The molecule has 3 heteroatoms. The Hall–Kier alpha value is -0.120. The van der Waals surface area contributed by atoms with Crippen molar-refractivity contribution in [2.24, 2.45) is 17.6 Å². The first kappa shape index (κ1) is 11.4. The summed E-state index contributed by atoms with van der Waals surface area (Å²) in [6.07, 6.45) is 2.95. The maximum Gasteiger partial charge on any atom is 0.0110 e. The van der Waals surface area contributed by atoms with Crippen LogP contribution in [0.3, 0.4) is 0 Å². The van der Waals surface area contributed by atoms with Crippen molar-refractivity contribution < 1.29 is 0 Å². The maximum absolute atomic E-state index is 5.65. The van der Waals surface area contributed by atoms with E-state index in [1.165, 1.54) is 52.1 Å². The zero-order chi connectivity index (χ0) is 10.7. The number of piperazine rings is 1. The fourth-order valence-corrected chi connectivity index (χ4v) is 2.34. The average molecular weight is 211 g/mol. The number of nitrogens with zero attached hydrogens (tertiary/aromatic N) is 2. The van der Waals surface area contributed by atoms with E-state index in [9.17, 15) is 0 Å². The van der Waals surface area contributed by atoms with Gasteiger partial charge in [0.2, 0.25) is 0 Å². The van der Waals surface area contributed by atoms with Gasteiger partial charge >= 0.3 is 0 Å². The molecule has 1 aliphatic heterocycles. The molecule has 1 heterocycles. The summed E-state index contributed by atoms with van der Waals surface area (Å²) in [5.41, 5.74) is 5.65. The van der Waals surface area contributed by atoms with Crippen molar-refractivity contribution in [1.29, 1.82) is 0 Å². The highest BCUT2D eigenvalue weighted by Gasteiger charge is 2.26. The fraction of sp³-hybridized carbons (Fsp3) is 1.00. The molecule has 15 heavy (non-hydrogen) atoms. The van der Waals surface area contributed by atoms with Crippen LogP contribution in [-0.4, -0.2) is 55.6 Å². The summed E-state index contributed by atoms with van der Waals surface area (Å²) in [5, 5.41) is 0. The van der Waals surface area contributed by atoms with E-state index in [-0.39, 0.29) is 0 Å². The second kappa shape index (κ2) is 5.28. The molecule has 0 spiro atoms. The zero-order valence-electron chi connectivity index (χ0n) is 9.99. The molecule has 1 saturated carbocycles.